The summed E-state index contributed by atoms with van der Waals surface area (Å²) in [6.07, 6.45) is -0.735. The van der Waals surface area contributed by atoms with Gasteiger partial charge < -0.3 is 20.4 Å². The molecule has 1 atom stereocenters. The Hall–Kier alpha value is -0.940. The molecule has 1 unspecified atom stereocenters. The monoisotopic (exact) mass is 200 g/mol. The molecule has 4 N–H and O–H groups in total. The zero-order chi connectivity index (χ0) is 10.8. The van der Waals surface area contributed by atoms with Crippen molar-refractivity contribution in [1.29, 1.82) is 0 Å². The zero-order valence-corrected chi connectivity index (χ0v) is 7.87. The highest BCUT2D eigenvalue weighted by molar-refractivity contribution is 5.16. The second-order valence-corrected chi connectivity index (χ2v) is 2.56. The van der Waals surface area contributed by atoms with Crippen molar-refractivity contribution in [2.24, 2.45) is 0 Å². The van der Waals surface area contributed by atoms with Crippen molar-refractivity contribution in [3.05, 3.63) is 35.9 Å². The van der Waals surface area contributed by atoms with E-state index >= 15 is 0 Å². The van der Waals surface area contributed by atoms with Gasteiger partial charge in [0, 0.05) is 0 Å². The molecular weight excluding hydrogens is 184 g/mol. The van der Waals surface area contributed by atoms with Crippen molar-refractivity contribution in [3.8, 4) is 0 Å². The quantitative estimate of drug-likeness (QED) is 0.539. The van der Waals surface area contributed by atoms with Gasteiger partial charge in [0.05, 0.1) is 19.8 Å². The Labute approximate surface area is 83.1 Å². The summed E-state index contributed by atoms with van der Waals surface area (Å²) in [5.74, 6) is 0. The predicted molar refractivity (Wildman–Crippen MR) is 52.7 cm³/mol. The lowest BCUT2D eigenvalue weighted by molar-refractivity contribution is 0.0956. The smallest absolute Gasteiger partial charge is 0.102 e. The van der Waals surface area contributed by atoms with E-state index in [0.29, 0.717) is 0 Å². The minimum Gasteiger partial charge on any atom is -0.394 e. The van der Waals surface area contributed by atoms with Gasteiger partial charge in [-0.05, 0) is 5.56 Å². The molecule has 0 saturated heterocycles. The van der Waals surface area contributed by atoms with Gasteiger partial charge in [0.1, 0.15) is 6.10 Å². The van der Waals surface area contributed by atoms with Crippen LogP contribution < -0.4 is 0 Å². The number of aliphatic hydroxyl groups excluding tert-OH is 4. The van der Waals surface area contributed by atoms with Gasteiger partial charge in [0.15, 0.2) is 0 Å². The Balaban J connectivity index is 0.000000364. The molecule has 0 bridgehead atoms. The number of benzene rings is 1. The minimum atomic E-state index is -0.735. The Morgan fingerprint density at radius 1 is 0.929 bits per heavy atom. The molecule has 0 amide bonds. The summed E-state index contributed by atoms with van der Waals surface area (Å²) in [5.41, 5.74) is 0.755. The van der Waals surface area contributed by atoms with Crippen LogP contribution >= 0.6 is 0 Å². The molecule has 14 heavy (non-hydrogen) atoms. The summed E-state index contributed by atoms with van der Waals surface area (Å²) in [6.45, 7) is -0.468. The third-order valence-corrected chi connectivity index (χ3v) is 1.46. The number of aliphatic hydroxyl groups is 4. The summed E-state index contributed by atoms with van der Waals surface area (Å²) in [4.78, 5) is 0. The second-order valence-electron chi connectivity index (χ2n) is 2.56. The Morgan fingerprint density at radius 3 is 1.79 bits per heavy atom. The third kappa shape index (κ3) is 5.66. The lowest BCUT2D eigenvalue weighted by Crippen LogP contribution is -2.01. The highest BCUT2D eigenvalue weighted by Crippen LogP contribution is 2.09. The highest BCUT2D eigenvalue weighted by Gasteiger charge is 2.02. The molecule has 80 valence electrons. The van der Waals surface area contributed by atoms with E-state index in [1.165, 1.54) is 0 Å². The molecule has 0 aliphatic carbocycles. The van der Waals surface area contributed by atoms with Gasteiger partial charge in [-0.1, -0.05) is 30.3 Å². The van der Waals surface area contributed by atoms with Crippen molar-refractivity contribution in [2.45, 2.75) is 6.10 Å². The van der Waals surface area contributed by atoms with Crippen molar-refractivity contribution in [2.75, 3.05) is 19.8 Å². The molecule has 0 spiro atoms. The molecule has 1 aromatic carbocycles. The summed E-state index contributed by atoms with van der Waals surface area (Å²) in [6, 6.07) is 9.08. The van der Waals surface area contributed by atoms with Crippen LogP contribution in [0.25, 0.3) is 0 Å². The number of hydrogen-bond acceptors (Lipinski definition) is 4. The van der Waals surface area contributed by atoms with Crippen LogP contribution in [-0.4, -0.2) is 40.2 Å². The molecular formula is C10H16O4. The van der Waals surface area contributed by atoms with Crippen LogP contribution in [0.4, 0.5) is 0 Å². The fraction of sp³-hybridized carbons (Fsp3) is 0.400. The van der Waals surface area contributed by atoms with E-state index in [2.05, 4.69) is 0 Å². The van der Waals surface area contributed by atoms with Crippen LogP contribution in [-0.2, 0) is 0 Å². The Kier molecular flexibility index (Phi) is 8.07. The van der Waals surface area contributed by atoms with Gasteiger partial charge in [-0.15, -0.1) is 0 Å². The fourth-order valence-corrected chi connectivity index (χ4v) is 0.781. The van der Waals surface area contributed by atoms with Crippen LogP contribution in [0.2, 0.25) is 0 Å². The van der Waals surface area contributed by atoms with E-state index in [0.717, 1.165) is 5.56 Å². The molecule has 4 heteroatoms. The first kappa shape index (κ1) is 13.1. The van der Waals surface area contributed by atoms with Gasteiger partial charge in [0.25, 0.3) is 0 Å². The van der Waals surface area contributed by atoms with E-state index in [1.54, 1.807) is 12.1 Å². The molecule has 4 nitrogen and oxygen atoms in total. The molecule has 0 heterocycles. The standard InChI is InChI=1S/C8H10O2.C2H6O2/c9-6-8(10)7-4-2-1-3-5-7;3-1-2-4/h1-5,8-10H,6H2;3-4H,1-2H2. The van der Waals surface area contributed by atoms with Gasteiger partial charge in [-0.3, -0.25) is 0 Å². The highest BCUT2D eigenvalue weighted by atomic mass is 16.3. The SMILES string of the molecule is OCC(O)c1ccccc1.OCCO. The topological polar surface area (TPSA) is 80.9 Å². The normalized spacial score (nSPS) is 11.4. The first-order chi connectivity index (χ1) is 6.76. The Bertz CT molecular complexity index is 211. The molecule has 0 fully saturated rings. The number of rotatable bonds is 3. The first-order valence-corrected chi connectivity index (χ1v) is 4.31. The van der Waals surface area contributed by atoms with Crippen molar-refractivity contribution >= 4 is 0 Å². The van der Waals surface area contributed by atoms with E-state index in [-0.39, 0.29) is 19.8 Å². The maximum absolute atomic E-state index is 9.08. The van der Waals surface area contributed by atoms with E-state index in [9.17, 15) is 0 Å². The largest absolute Gasteiger partial charge is 0.394 e. The molecule has 0 aliphatic heterocycles. The Morgan fingerprint density at radius 2 is 1.43 bits per heavy atom. The number of hydrogen-bond donors (Lipinski definition) is 4. The van der Waals surface area contributed by atoms with Crippen LogP contribution in [0.5, 0.6) is 0 Å². The van der Waals surface area contributed by atoms with Gasteiger partial charge in [0.2, 0.25) is 0 Å². The summed E-state index contributed by atoms with van der Waals surface area (Å²) < 4.78 is 0. The van der Waals surface area contributed by atoms with Crippen LogP contribution in [0.15, 0.2) is 30.3 Å². The van der Waals surface area contributed by atoms with Crippen LogP contribution in [0.3, 0.4) is 0 Å². The first-order valence-electron chi connectivity index (χ1n) is 4.31. The minimum absolute atomic E-state index is 0.125. The predicted octanol–water partition coefficient (Wildman–Crippen LogP) is -0.317. The summed E-state index contributed by atoms with van der Waals surface area (Å²) in [5, 5.41) is 32.9. The molecule has 1 rings (SSSR count). The van der Waals surface area contributed by atoms with Gasteiger partial charge in [-0.25, -0.2) is 0 Å². The van der Waals surface area contributed by atoms with E-state index in [4.69, 9.17) is 20.4 Å². The van der Waals surface area contributed by atoms with Crippen molar-refractivity contribution < 1.29 is 20.4 Å². The maximum atomic E-state index is 9.08. The van der Waals surface area contributed by atoms with Crippen molar-refractivity contribution in [3.63, 3.8) is 0 Å². The third-order valence-electron chi connectivity index (χ3n) is 1.46. The van der Waals surface area contributed by atoms with E-state index in [1.807, 2.05) is 18.2 Å². The summed E-state index contributed by atoms with van der Waals surface area (Å²) >= 11 is 0. The average Bonchev–Trinajstić information content (AvgIpc) is 2.29. The summed E-state index contributed by atoms with van der Waals surface area (Å²) in [7, 11) is 0. The second kappa shape index (κ2) is 8.65. The van der Waals surface area contributed by atoms with E-state index < -0.39 is 6.10 Å². The average molecular weight is 200 g/mol. The van der Waals surface area contributed by atoms with Crippen LogP contribution in [0.1, 0.15) is 11.7 Å². The maximum Gasteiger partial charge on any atom is 0.102 e. The van der Waals surface area contributed by atoms with Crippen molar-refractivity contribution in [1.82, 2.24) is 0 Å². The van der Waals surface area contributed by atoms with Crippen LogP contribution in [0, 0.1) is 0 Å². The lowest BCUT2D eigenvalue weighted by atomic mass is 10.1. The molecule has 0 saturated carbocycles. The molecule has 0 aromatic heterocycles. The molecule has 0 aliphatic rings. The lowest BCUT2D eigenvalue weighted by Gasteiger charge is -2.05. The molecule has 0 radical (unpaired) electrons. The van der Waals surface area contributed by atoms with Gasteiger partial charge >= 0.3 is 0 Å². The van der Waals surface area contributed by atoms with Gasteiger partial charge in [-0.2, -0.15) is 0 Å². The molecule has 1 aromatic rings. The fourth-order valence-electron chi connectivity index (χ4n) is 0.781. The zero-order valence-electron chi connectivity index (χ0n) is 7.87.